The van der Waals surface area contributed by atoms with E-state index in [1.165, 1.54) is 57.8 Å². The van der Waals surface area contributed by atoms with Crippen LogP contribution in [0.2, 0.25) is 0 Å². The van der Waals surface area contributed by atoms with E-state index >= 15 is 0 Å². The molecule has 152 valence electrons. The van der Waals surface area contributed by atoms with Crippen LogP contribution >= 0.6 is 0 Å². The van der Waals surface area contributed by atoms with E-state index in [4.69, 9.17) is 0 Å². The maximum Gasteiger partial charge on any atom is 0.161 e. The zero-order valence-electron chi connectivity index (χ0n) is 18.5. The van der Waals surface area contributed by atoms with Crippen LogP contribution in [0.1, 0.15) is 98.8 Å². The standard InChI is InChI=1S/C26H42O/c1-6-17(3)24(27)18-8-9-20-10-12-21-22-13-11-19(7-2)25(22,4)15-14-23(21)26(20,5)16-18/h6,18-23H,7-16H2,1-5H3/b17-6+/t18?,19-,20?,21-,22-,23-,25+,26-/m0/s1. The third-order valence-electron chi connectivity index (χ3n) is 10.5. The molecule has 0 aromatic rings. The molecular formula is C26H42O. The molecule has 0 heterocycles. The summed E-state index contributed by atoms with van der Waals surface area (Å²) in [6.07, 6.45) is 15.8. The topological polar surface area (TPSA) is 17.1 Å². The average Bonchev–Trinajstić information content (AvgIpc) is 3.02. The van der Waals surface area contributed by atoms with Crippen molar-refractivity contribution in [2.75, 3.05) is 0 Å². The minimum absolute atomic E-state index is 0.293. The summed E-state index contributed by atoms with van der Waals surface area (Å²) in [5.74, 6) is 5.37. The van der Waals surface area contributed by atoms with Crippen molar-refractivity contribution < 1.29 is 4.79 Å². The van der Waals surface area contributed by atoms with E-state index in [0.29, 0.717) is 22.5 Å². The van der Waals surface area contributed by atoms with Gasteiger partial charge in [-0.1, -0.05) is 33.3 Å². The van der Waals surface area contributed by atoms with Gasteiger partial charge in [0.15, 0.2) is 5.78 Å². The predicted molar refractivity (Wildman–Crippen MR) is 113 cm³/mol. The van der Waals surface area contributed by atoms with E-state index < -0.39 is 0 Å². The van der Waals surface area contributed by atoms with Crippen LogP contribution in [-0.4, -0.2) is 5.78 Å². The molecule has 0 N–H and O–H groups in total. The molecule has 0 aromatic heterocycles. The van der Waals surface area contributed by atoms with Gasteiger partial charge in [-0.15, -0.1) is 0 Å². The number of allylic oxidation sites excluding steroid dienone is 2. The van der Waals surface area contributed by atoms with Gasteiger partial charge >= 0.3 is 0 Å². The van der Waals surface area contributed by atoms with Crippen LogP contribution in [0.3, 0.4) is 0 Å². The van der Waals surface area contributed by atoms with Gasteiger partial charge in [-0.25, -0.2) is 0 Å². The SMILES string of the molecule is C/C=C(\C)C(=O)C1CCC2CC[C@H]3[C@@H]4CC[C@H](CC)[C@@]4(C)CC[C@@H]3[C@@]2(C)C1. The number of hydrogen-bond donors (Lipinski definition) is 0. The van der Waals surface area contributed by atoms with Crippen molar-refractivity contribution in [2.45, 2.75) is 98.8 Å². The molecule has 0 aromatic carbocycles. The fraction of sp³-hybridized carbons (Fsp3) is 0.885. The van der Waals surface area contributed by atoms with Crippen molar-refractivity contribution in [3.8, 4) is 0 Å². The summed E-state index contributed by atoms with van der Waals surface area (Å²) in [5.41, 5.74) is 2.03. The summed E-state index contributed by atoms with van der Waals surface area (Å²) in [5, 5.41) is 0. The molecule has 4 aliphatic carbocycles. The third kappa shape index (κ3) is 2.89. The molecule has 0 aliphatic heterocycles. The van der Waals surface area contributed by atoms with Gasteiger partial charge in [0.05, 0.1) is 0 Å². The molecule has 0 radical (unpaired) electrons. The molecule has 4 aliphatic rings. The first-order valence-electron chi connectivity index (χ1n) is 12.0. The van der Waals surface area contributed by atoms with Crippen LogP contribution in [0.4, 0.5) is 0 Å². The Kier molecular flexibility index (Phi) is 5.13. The second-order valence-electron chi connectivity index (χ2n) is 11.2. The zero-order valence-corrected chi connectivity index (χ0v) is 18.5. The van der Waals surface area contributed by atoms with Crippen molar-refractivity contribution in [3.63, 3.8) is 0 Å². The molecular weight excluding hydrogens is 328 g/mol. The summed E-state index contributed by atoms with van der Waals surface area (Å²) in [7, 11) is 0. The first-order chi connectivity index (χ1) is 12.8. The third-order valence-corrected chi connectivity index (χ3v) is 10.5. The van der Waals surface area contributed by atoms with Gasteiger partial charge in [0.25, 0.3) is 0 Å². The lowest BCUT2D eigenvalue weighted by atomic mass is 9.44. The molecule has 4 rings (SSSR count). The predicted octanol–water partition coefficient (Wildman–Crippen LogP) is 7.21. The minimum Gasteiger partial charge on any atom is -0.294 e. The summed E-state index contributed by atoms with van der Waals surface area (Å²) in [4.78, 5) is 13.0. The van der Waals surface area contributed by atoms with E-state index in [-0.39, 0.29) is 0 Å². The van der Waals surface area contributed by atoms with E-state index in [2.05, 4.69) is 20.8 Å². The van der Waals surface area contributed by atoms with Gasteiger partial charge in [-0.2, -0.15) is 0 Å². The number of rotatable bonds is 3. The number of carbonyl (C=O) groups is 1. The molecule has 1 nitrogen and oxygen atoms in total. The van der Waals surface area contributed by atoms with Crippen LogP contribution in [0, 0.1) is 46.3 Å². The number of fused-ring (bicyclic) bond motifs is 5. The Balaban J connectivity index is 1.58. The highest BCUT2D eigenvalue weighted by atomic mass is 16.1. The molecule has 27 heavy (non-hydrogen) atoms. The Bertz CT molecular complexity index is 618. The Morgan fingerprint density at radius 2 is 1.67 bits per heavy atom. The average molecular weight is 371 g/mol. The number of carbonyl (C=O) groups excluding carboxylic acids is 1. The molecule has 0 saturated heterocycles. The Morgan fingerprint density at radius 3 is 2.37 bits per heavy atom. The van der Waals surface area contributed by atoms with E-state index in [9.17, 15) is 4.79 Å². The van der Waals surface area contributed by atoms with Crippen molar-refractivity contribution >= 4 is 5.78 Å². The second kappa shape index (κ2) is 7.03. The normalized spacial score (nSPS) is 49.9. The highest BCUT2D eigenvalue weighted by Gasteiger charge is 2.60. The zero-order chi connectivity index (χ0) is 19.4. The molecule has 4 saturated carbocycles. The molecule has 8 atom stereocenters. The van der Waals surface area contributed by atoms with Crippen LogP contribution < -0.4 is 0 Å². The largest absolute Gasteiger partial charge is 0.294 e. The summed E-state index contributed by atoms with van der Waals surface area (Å²) in [6, 6.07) is 0. The lowest BCUT2D eigenvalue weighted by Crippen LogP contribution is -2.54. The van der Waals surface area contributed by atoms with Gasteiger partial charge in [-0.3, -0.25) is 4.79 Å². The maximum absolute atomic E-state index is 13.0. The van der Waals surface area contributed by atoms with Crippen LogP contribution in [0.25, 0.3) is 0 Å². The lowest BCUT2D eigenvalue weighted by molar-refractivity contribution is -0.136. The number of ketones is 1. The van der Waals surface area contributed by atoms with Crippen LogP contribution in [0.5, 0.6) is 0 Å². The summed E-state index contributed by atoms with van der Waals surface area (Å²) in [6.45, 7) is 11.7. The Morgan fingerprint density at radius 1 is 0.963 bits per heavy atom. The summed E-state index contributed by atoms with van der Waals surface area (Å²) >= 11 is 0. The van der Waals surface area contributed by atoms with Crippen LogP contribution in [-0.2, 0) is 4.79 Å². The van der Waals surface area contributed by atoms with E-state index in [1.54, 1.807) is 0 Å². The monoisotopic (exact) mass is 370 g/mol. The minimum atomic E-state index is 0.293. The lowest BCUT2D eigenvalue weighted by Gasteiger charge is -2.61. The molecule has 0 bridgehead atoms. The second-order valence-corrected chi connectivity index (χ2v) is 11.2. The maximum atomic E-state index is 13.0. The number of Topliss-reactive ketones (excluding diaryl/α,β-unsaturated/α-hetero) is 1. The van der Waals surface area contributed by atoms with Gasteiger partial charge in [-0.05, 0) is 118 Å². The molecule has 1 heteroatoms. The van der Waals surface area contributed by atoms with Gasteiger partial charge in [0.1, 0.15) is 0 Å². The quantitative estimate of drug-likeness (QED) is 0.480. The Labute approximate surface area is 167 Å². The first-order valence-corrected chi connectivity index (χ1v) is 12.0. The smallest absolute Gasteiger partial charge is 0.161 e. The molecule has 4 fully saturated rings. The molecule has 0 amide bonds. The van der Waals surface area contributed by atoms with Crippen LogP contribution in [0.15, 0.2) is 11.6 Å². The van der Waals surface area contributed by atoms with Crippen molar-refractivity contribution in [1.29, 1.82) is 0 Å². The van der Waals surface area contributed by atoms with Crippen molar-refractivity contribution in [3.05, 3.63) is 11.6 Å². The van der Waals surface area contributed by atoms with Gasteiger partial charge in [0, 0.05) is 5.92 Å². The van der Waals surface area contributed by atoms with Crippen molar-refractivity contribution in [2.24, 2.45) is 46.3 Å². The first kappa shape index (κ1) is 19.7. The van der Waals surface area contributed by atoms with Gasteiger partial charge in [0.2, 0.25) is 0 Å². The fourth-order valence-electron chi connectivity index (χ4n) is 8.83. The fourth-order valence-corrected chi connectivity index (χ4v) is 8.83. The molecule has 0 spiro atoms. The summed E-state index contributed by atoms with van der Waals surface area (Å²) < 4.78 is 0. The van der Waals surface area contributed by atoms with E-state index in [0.717, 1.165) is 41.6 Å². The van der Waals surface area contributed by atoms with Gasteiger partial charge < -0.3 is 0 Å². The van der Waals surface area contributed by atoms with E-state index in [1.807, 2.05) is 19.9 Å². The van der Waals surface area contributed by atoms with Crippen molar-refractivity contribution in [1.82, 2.24) is 0 Å². The number of hydrogen-bond acceptors (Lipinski definition) is 1. The highest BCUT2D eigenvalue weighted by Crippen LogP contribution is 2.68. The highest BCUT2D eigenvalue weighted by molar-refractivity contribution is 5.96. The Hall–Kier alpha value is -0.590. The molecule has 2 unspecified atom stereocenters.